The fraction of sp³-hybridized carbons (Fsp3) is 0.625. The summed E-state index contributed by atoms with van der Waals surface area (Å²) in [6.07, 6.45) is 3.49. The van der Waals surface area contributed by atoms with Crippen LogP contribution in [-0.4, -0.2) is 33.3 Å². The highest BCUT2D eigenvalue weighted by atomic mass is 16.4. The van der Waals surface area contributed by atoms with Crippen LogP contribution in [0.15, 0.2) is 12.1 Å². The Labute approximate surface area is 125 Å². The minimum atomic E-state index is -0.971. The number of carbonyl (C=O) groups is 1. The van der Waals surface area contributed by atoms with Gasteiger partial charge in [0.2, 0.25) is 0 Å². The number of rotatable bonds is 4. The van der Waals surface area contributed by atoms with Crippen molar-refractivity contribution in [2.24, 2.45) is 5.41 Å². The summed E-state index contributed by atoms with van der Waals surface area (Å²) in [5, 5.41) is 22.8. The van der Waals surface area contributed by atoms with Crippen molar-refractivity contribution in [3.8, 4) is 0 Å². The van der Waals surface area contributed by atoms with E-state index in [0.29, 0.717) is 23.5 Å². The number of hydrogen-bond acceptors (Lipinski definition) is 4. The van der Waals surface area contributed by atoms with Crippen LogP contribution in [0.4, 0.5) is 5.82 Å². The Kier molecular flexibility index (Phi) is 4.23. The van der Waals surface area contributed by atoms with E-state index in [9.17, 15) is 9.90 Å². The van der Waals surface area contributed by atoms with E-state index in [-0.39, 0.29) is 5.56 Å². The minimum Gasteiger partial charge on any atom is -0.478 e. The Hall–Kier alpha value is -1.62. The van der Waals surface area contributed by atoms with Crippen molar-refractivity contribution in [3.63, 3.8) is 0 Å². The Bertz CT molecular complexity index is 530. The van der Waals surface area contributed by atoms with Crippen LogP contribution < -0.4 is 5.32 Å². The third-order valence-electron chi connectivity index (χ3n) is 4.33. The van der Waals surface area contributed by atoms with Crippen LogP contribution in [0, 0.1) is 12.3 Å². The highest BCUT2D eigenvalue weighted by Crippen LogP contribution is 2.40. The summed E-state index contributed by atoms with van der Waals surface area (Å²) in [6.45, 7) is 6.61. The molecular formula is C16H24N2O3. The van der Waals surface area contributed by atoms with E-state index >= 15 is 0 Å². The molecule has 1 aliphatic rings. The second kappa shape index (κ2) is 5.64. The zero-order chi connectivity index (χ0) is 15.7. The Balaban J connectivity index is 2.01. The predicted octanol–water partition coefficient (Wildman–Crippen LogP) is 2.83. The number of pyridine rings is 1. The van der Waals surface area contributed by atoms with E-state index in [4.69, 9.17) is 5.11 Å². The standard InChI is InChI=1S/C16H24N2O3/c1-11-8-12(14(19)20)9-13(18-11)17-10-16(21)6-4-15(2,3)5-7-16/h8-9,21H,4-7,10H2,1-3H3,(H,17,18)(H,19,20). The molecule has 0 radical (unpaired) electrons. The molecule has 1 aromatic rings. The third kappa shape index (κ3) is 4.17. The number of carboxylic acids is 1. The molecule has 0 unspecified atom stereocenters. The second-order valence-corrected chi connectivity index (χ2v) is 6.93. The molecule has 0 bridgehead atoms. The second-order valence-electron chi connectivity index (χ2n) is 6.93. The molecule has 0 saturated heterocycles. The molecule has 0 aromatic carbocycles. The van der Waals surface area contributed by atoms with Crippen molar-refractivity contribution in [1.82, 2.24) is 4.98 Å². The maximum atomic E-state index is 11.0. The Morgan fingerprint density at radius 1 is 1.29 bits per heavy atom. The topological polar surface area (TPSA) is 82.5 Å². The molecule has 1 saturated carbocycles. The fourth-order valence-corrected chi connectivity index (χ4v) is 2.71. The van der Waals surface area contributed by atoms with Gasteiger partial charge >= 0.3 is 5.97 Å². The lowest BCUT2D eigenvalue weighted by Crippen LogP contribution is -2.42. The highest BCUT2D eigenvalue weighted by Gasteiger charge is 2.36. The van der Waals surface area contributed by atoms with Gasteiger partial charge in [-0.05, 0) is 50.2 Å². The van der Waals surface area contributed by atoms with Gasteiger partial charge in [-0.15, -0.1) is 0 Å². The van der Waals surface area contributed by atoms with E-state index < -0.39 is 11.6 Å². The van der Waals surface area contributed by atoms with Crippen LogP contribution in [0.2, 0.25) is 0 Å². The first-order valence-electron chi connectivity index (χ1n) is 7.37. The van der Waals surface area contributed by atoms with Crippen molar-refractivity contribution in [2.75, 3.05) is 11.9 Å². The van der Waals surface area contributed by atoms with Gasteiger partial charge in [-0.2, -0.15) is 0 Å². The summed E-state index contributed by atoms with van der Waals surface area (Å²) in [7, 11) is 0. The van der Waals surface area contributed by atoms with Crippen LogP contribution in [0.25, 0.3) is 0 Å². The van der Waals surface area contributed by atoms with Crippen molar-refractivity contribution in [1.29, 1.82) is 0 Å². The van der Waals surface area contributed by atoms with Crippen LogP contribution >= 0.6 is 0 Å². The average molecular weight is 292 g/mol. The summed E-state index contributed by atoms with van der Waals surface area (Å²) < 4.78 is 0. The van der Waals surface area contributed by atoms with Crippen LogP contribution in [0.3, 0.4) is 0 Å². The van der Waals surface area contributed by atoms with Gasteiger partial charge in [0.05, 0.1) is 11.2 Å². The summed E-state index contributed by atoms with van der Waals surface area (Å²) in [5.41, 5.74) is 0.421. The highest BCUT2D eigenvalue weighted by molar-refractivity contribution is 5.88. The zero-order valence-electron chi connectivity index (χ0n) is 12.9. The summed E-state index contributed by atoms with van der Waals surface area (Å²) >= 11 is 0. The first kappa shape index (κ1) is 15.8. The largest absolute Gasteiger partial charge is 0.478 e. The minimum absolute atomic E-state index is 0.210. The molecule has 0 amide bonds. The maximum Gasteiger partial charge on any atom is 0.335 e. The van der Waals surface area contributed by atoms with Gasteiger partial charge < -0.3 is 15.5 Å². The number of nitrogens with zero attached hydrogens (tertiary/aromatic N) is 1. The number of nitrogens with one attached hydrogen (secondary N) is 1. The molecule has 3 N–H and O–H groups in total. The molecule has 1 aliphatic carbocycles. The van der Waals surface area contributed by atoms with Gasteiger partial charge in [-0.25, -0.2) is 9.78 Å². The van der Waals surface area contributed by atoms with Gasteiger partial charge in [0.1, 0.15) is 5.82 Å². The summed E-state index contributed by atoms with van der Waals surface area (Å²) in [4.78, 5) is 15.3. The molecule has 21 heavy (non-hydrogen) atoms. The summed E-state index contributed by atoms with van der Waals surface area (Å²) in [6, 6.07) is 3.04. The molecule has 5 heteroatoms. The number of hydrogen-bond donors (Lipinski definition) is 3. The van der Waals surface area contributed by atoms with Crippen LogP contribution in [0.5, 0.6) is 0 Å². The molecule has 2 rings (SSSR count). The molecule has 116 valence electrons. The SMILES string of the molecule is Cc1cc(C(=O)O)cc(NCC2(O)CCC(C)(C)CC2)n1. The molecular weight excluding hydrogens is 268 g/mol. The smallest absolute Gasteiger partial charge is 0.335 e. The van der Waals surface area contributed by atoms with E-state index in [1.165, 1.54) is 12.1 Å². The summed E-state index contributed by atoms with van der Waals surface area (Å²) in [5.74, 6) is -0.465. The molecule has 1 fully saturated rings. The zero-order valence-corrected chi connectivity index (χ0v) is 12.9. The van der Waals surface area contributed by atoms with E-state index in [1.54, 1.807) is 6.92 Å². The molecule has 1 aromatic heterocycles. The first-order chi connectivity index (χ1) is 9.69. The van der Waals surface area contributed by atoms with Crippen molar-refractivity contribution >= 4 is 11.8 Å². The van der Waals surface area contributed by atoms with Crippen molar-refractivity contribution in [3.05, 3.63) is 23.4 Å². The van der Waals surface area contributed by atoms with Crippen molar-refractivity contribution < 1.29 is 15.0 Å². The van der Waals surface area contributed by atoms with E-state index in [1.807, 2.05) is 0 Å². The normalized spacial score (nSPS) is 20.0. The monoisotopic (exact) mass is 292 g/mol. The first-order valence-corrected chi connectivity index (χ1v) is 7.37. The fourth-order valence-electron chi connectivity index (χ4n) is 2.71. The number of carboxylic acid groups (broad SMARTS) is 1. The number of aliphatic hydroxyl groups is 1. The van der Waals surface area contributed by atoms with Crippen molar-refractivity contribution in [2.45, 2.75) is 52.1 Å². The number of aromatic nitrogens is 1. The lowest BCUT2D eigenvalue weighted by Gasteiger charge is -2.40. The predicted molar refractivity (Wildman–Crippen MR) is 81.6 cm³/mol. The van der Waals surface area contributed by atoms with E-state index in [0.717, 1.165) is 25.7 Å². The molecule has 0 aliphatic heterocycles. The molecule has 0 atom stereocenters. The Morgan fingerprint density at radius 3 is 2.48 bits per heavy atom. The van der Waals surface area contributed by atoms with Gasteiger partial charge in [0, 0.05) is 12.2 Å². The van der Waals surface area contributed by atoms with Gasteiger partial charge in [0.25, 0.3) is 0 Å². The molecule has 0 spiro atoms. The van der Waals surface area contributed by atoms with Crippen LogP contribution in [-0.2, 0) is 0 Å². The number of aryl methyl sites for hydroxylation is 1. The van der Waals surface area contributed by atoms with Gasteiger partial charge in [0.15, 0.2) is 0 Å². The van der Waals surface area contributed by atoms with Gasteiger partial charge in [-0.1, -0.05) is 13.8 Å². The lowest BCUT2D eigenvalue weighted by atomic mass is 9.71. The van der Waals surface area contributed by atoms with E-state index in [2.05, 4.69) is 24.1 Å². The lowest BCUT2D eigenvalue weighted by molar-refractivity contribution is -0.0145. The molecule has 1 heterocycles. The number of aromatic carboxylic acids is 1. The quantitative estimate of drug-likeness (QED) is 0.795. The molecule has 5 nitrogen and oxygen atoms in total. The van der Waals surface area contributed by atoms with Gasteiger partial charge in [-0.3, -0.25) is 0 Å². The number of anilines is 1. The van der Waals surface area contributed by atoms with Crippen LogP contribution in [0.1, 0.15) is 55.6 Å². The Morgan fingerprint density at radius 2 is 1.90 bits per heavy atom. The average Bonchev–Trinajstić information content (AvgIpc) is 2.40. The third-order valence-corrected chi connectivity index (χ3v) is 4.33. The maximum absolute atomic E-state index is 11.0.